The van der Waals surface area contributed by atoms with Gasteiger partial charge in [-0.1, -0.05) is 0 Å². The highest BCUT2D eigenvalue weighted by Gasteiger charge is 2.22. The Bertz CT molecular complexity index is 807. The maximum Gasteiger partial charge on any atom is 0.255 e. The van der Waals surface area contributed by atoms with E-state index in [0.29, 0.717) is 17.7 Å². The minimum Gasteiger partial charge on any atom is -0.393 e. The van der Waals surface area contributed by atoms with E-state index >= 15 is 0 Å². The lowest BCUT2D eigenvalue weighted by molar-refractivity contribution is 0.102. The molecule has 1 saturated carbocycles. The van der Waals surface area contributed by atoms with Crippen LogP contribution in [0.4, 0.5) is 18.9 Å². The molecular weight excluding hydrogens is 363 g/mol. The van der Waals surface area contributed by atoms with Crippen LogP contribution >= 0.6 is 11.8 Å². The lowest BCUT2D eigenvalue weighted by Crippen LogP contribution is -2.19. The van der Waals surface area contributed by atoms with Gasteiger partial charge in [0.25, 0.3) is 5.91 Å². The molecule has 26 heavy (non-hydrogen) atoms. The van der Waals surface area contributed by atoms with Crippen molar-refractivity contribution in [3.8, 4) is 0 Å². The molecule has 138 valence electrons. The van der Waals surface area contributed by atoms with Gasteiger partial charge >= 0.3 is 0 Å². The summed E-state index contributed by atoms with van der Waals surface area (Å²) in [5.41, 5.74) is 0.350. The van der Waals surface area contributed by atoms with Crippen LogP contribution in [-0.2, 0) is 0 Å². The molecule has 3 rings (SSSR count). The predicted octanol–water partition coefficient (Wildman–Crippen LogP) is 4.75. The van der Waals surface area contributed by atoms with Gasteiger partial charge in [-0.05, 0) is 56.0 Å². The van der Waals surface area contributed by atoms with Crippen molar-refractivity contribution < 1.29 is 23.1 Å². The van der Waals surface area contributed by atoms with Crippen molar-refractivity contribution in [2.24, 2.45) is 0 Å². The summed E-state index contributed by atoms with van der Waals surface area (Å²) in [4.78, 5) is 12.7. The van der Waals surface area contributed by atoms with E-state index < -0.39 is 23.4 Å². The molecule has 0 radical (unpaired) electrons. The highest BCUT2D eigenvalue weighted by molar-refractivity contribution is 8.00. The smallest absolute Gasteiger partial charge is 0.255 e. The summed E-state index contributed by atoms with van der Waals surface area (Å²) in [6.45, 7) is 0. The van der Waals surface area contributed by atoms with Crippen molar-refractivity contribution in [1.82, 2.24) is 0 Å². The van der Waals surface area contributed by atoms with Crippen molar-refractivity contribution in [1.29, 1.82) is 0 Å². The molecule has 1 aliphatic rings. The number of aliphatic hydroxyl groups excluding tert-OH is 1. The summed E-state index contributed by atoms with van der Waals surface area (Å²) in [6, 6.07) is 7.09. The maximum absolute atomic E-state index is 14.1. The first-order valence-electron chi connectivity index (χ1n) is 8.33. The van der Waals surface area contributed by atoms with Crippen LogP contribution in [-0.4, -0.2) is 22.4 Å². The summed E-state index contributed by atoms with van der Waals surface area (Å²) >= 11 is 1.36. The lowest BCUT2D eigenvalue weighted by Gasteiger charge is -2.25. The third kappa shape index (κ3) is 4.59. The molecule has 0 heterocycles. The standard InChI is InChI=1S/C19H18F3NO2S/c20-15-8-2-12(10-17(15)22)23-19(25)11-1-7-16(21)18(9-11)26-14-5-3-13(24)4-6-14/h1-2,7-10,13-14,24H,3-6H2,(H,23,25). The summed E-state index contributed by atoms with van der Waals surface area (Å²) in [6.07, 6.45) is 2.67. The Morgan fingerprint density at radius 2 is 1.65 bits per heavy atom. The predicted molar refractivity (Wildman–Crippen MR) is 94.8 cm³/mol. The fraction of sp³-hybridized carbons (Fsp3) is 0.316. The van der Waals surface area contributed by atoms with Crippen molar-refractivity contribution in [3.63, 3.8) is 0 Å². The first kappa shape index (κ1) is 18.8. The van der Waals surface area contributed by atoms with Gasteiger partial charge < -0.3 is 10.4 Å². The van der Waals surface area contributed by atoms with Crippen molar-refractivity contribution in [2.45, 2.75) is 41.9 Å². The SMILES string of the molecule is O=C(Nc1ccc(F)c(F)c1)c1ccc(F)c(SC2CCC(O)CC2)c1. The zero-order valence-corrected chi connectivity index (χ0v) is 14.7. The molecule has 1 fully saturated rings. The molecule has 0 unspecified atom stereocenters. The normalized spacial score (nSPS) is 20.0. The first-order chi connectivity index (χ1) is 12.4. The number of carbonyl (C=O) groups is 1. The van der Waals surface area contributed by atoms with E-state index in [1.54, 1.807) is 0 Å². The van der Waals surface area contributed by atoms with Gasteiger partial charge in [-0.3, -0.25) is 4.79 Å². The van der Waals surface area contributed by atoms with E-state index in [9.17, 15) is 23.1 Å². The zero-order chi connectivity index (χ0) is 18.7. The second-order valence-corrected chi connectivity index (χ2v) is 7.62. The second-order valence-electron chi connectivity index (χ2n) is 6.28. The Hall–Kier alpha value is -1.99. The van der Waals surface area contributed by atoms with E-state index in [0.717, 1.165) is 25.0 Å². The number of carbonyl (C=O) groups excluding carboxylic acids is 1. The molecule has 1 aliphatic carbocycles. The molecule has 2 N–H and O–H groups in total. The van der Waals surface area contributed by atoms with Crippen LogP contribution in [0.5, 0.6) is 0 Å². The lowest BCUT2D eigenvalue weighted by atomic mass is 9.97. The van der Waals surface area contributed by atoms with Crippen LogP contribution in [0.2, 0.25) is 0 Å². The van der Waals surface area contributed by atoms with E-state index in [1.165, 1.54) is 36.0 Å². The maximum atomic E-state index is 14.1. The van der Waals surface area contributed by atoms with E-state index in [4.69, 9.17) is 0 Å². The Labute approximate surface area is 153 Å². The minimum absolute atomic E-state index is 0.119. The third-order valence-corrected chi connectivity index (χ3v) is 5.68. The van der Waals surface area contributed by atoms with Crippen LogP contribution in [0.15, 0.2) is 41.3 Å². The molecule has 2 aromatic carbocycles. The van der Waals surface area contributed by atoms with Gasteiger partial charge in [0, 0.05) is 27.5 Å². The second kappa shape index (κ2) is 8.14. The quantitative estimate of drug-likeness (QED) is 0.803. The monoisotopic (exact) mass is 381 g/mol. The Morgan fingerprint density at radius 1 is 0.962 bits per heavy atom. The van der Waals surface area contributed by atoms with E-state index in [2.05, 4.69) is 5.32 Å². The Balaban J connectivity index is 1.71. The van der Waals surface area contributed by atoms with Crippen LogP contribution in [0.25, 0.3) is 0 Å². The Kier molecular flexibility index (Phi) is 5.88. The zero-order valence-electron chi connectivity index (χ0n) is 13.8. The number of benzene rings is 2. The van der Waals surface area contributed by atoms with Gasteiger partial charge in [-0.2, -0.15) is 0 Å². The number of hydrogen-bond acceptors (Lipinski definition) is 3. The highest BCUT2D eigenvalue weighted by atomic mass is 32.2. The average Bonchev–Trinajstić information content (AvgIpc) is 2.62. The summed E-state index contributed by atoms with van der Waals surface area (Å²) in [5, 5.41) is 12.2. The average molecular weight is 381 g/mol. The third-order valence-electron chi connectivity index (χ3n) is 4.31. The molecule has 1 amide bonds. The Morgan fingerprint density at radius 3 is 2.35 bits per heavy atom. The largest absolute Gasteiger partial charge is 0.393 e. The number of hydrogen-bond donors (Lipinski definition) is 2. The number of rotatable bonds is 4. The van der Waals surface area contributed by atoms with Gasteiger partial charge in [-0.15, -0.1) is 11.8 Å². The molecule has 0 aliphatic heterocycles. The molecule has 0 atom stereocenters. The summed E-state index contributed by atoms with van der Waals surface area (Å²) in [7, 11) is 0. The van der Waals surface area contributed by atoms with Crippen molar-refractivity contribution >= 4 is 23.4 Å². The van der Waals surface area contributed by atoms with Crippen molar-refractivity contribution in [2.75, 3.05) is 5.32 Å². The highest BCUT2D eigenvalue weighted by Crippen LogP contribution is 2.35. The minimum atomic E-state index is -1.06. The number of thioether (sulfide) groups is 1. The number of amides is 1. The molecule has 0 bridgehead atoms. The molecule has 7 heteroatoms. The van der Waals surface area contributed by atoms with Crippen molar-refractivity contribution in [3.05, 3.63) is 59.4 Å². The first-order valence-corrected chi connectivity index (χ1v) is 9.21. The van der Waals surface area contributed by atoms with Crippen LogP contribution in [0, 0.1) is 17.5 Å². The molecule has 2 aromatic rings. The molecular formula is C19H18F3NO2S. The summed E-state index contributed by atoms with van der Waals surface area (Å²) in [5.74, 6) is -3.00. The van der Waals surface area contributed by atoms with Gasteiger partial charge in [0.2, 0.25) is 0 Å². The number of halogens is 3. The van der Waals surface area contributed by atoms with E-state index in [-0.39, 0.29) is 22.6 Å². The fourth-order valence-electron chi connectivity index (χ4n) is 2.85. The van der Waals surface area contributed by atoms with Gasteiger partial charge in [-0.25, -0.2) is 13.2 Å². The number of anilines is 1. The molecule has 0 aromatic heterocycles. The molecule has 0 saturated heterocycles. The van der Waals surface area contributed by atoms with E-state index in [1.807, 2.05) is 0 Å². The van der Waals surface area contributed by atoms with Crippen LogP contribution < -0.4 is 5.32 Å². The topological polar surface area (TPSA) is 49.3 Å². The molecule has 3 nitrogen and oxygen atoms in total. The van der Waals surface area contributed by atoms with Gasteiger partial charge in [0.1, 0.15) is 5.82 Å². The van der Waals surface area contributed by atoms with Gasteiger partial charge in [0.05, 0.1) is 6.10 Å². The molecule has 0 spiro atoms. The fourth-order valence-corrected chi connectivity index (χ4v) is 4.10. The van der Waals surface area contributed by atoms with Crippen LogP contribution in [0.3, 0.4) is 0 Å². The summed E-state index contributed by atoms with van der Waals surface area (Å²) < 4.78 is 40.3. The number of nitrogens with one attached hydrogen (secondary N) is 1. The number of aliphatic hydroxyl groups is 1. The van der Waals surface area contributed by atoms with Gasteiger partial charge in [0.15, 0.2) is 11.6 Å². The van der Waals surface area contributed by atoms with Crippen LogP contribution in [0.1, 0.15) is 36.0 Å².